The minimum absolute atomic E-state index is 0.142. The molecule has 0 saturated carbocycles. The van der Waals surface area contributed by atoms with Gasteiger partial charge in [-0.25, -0.2) is 9.78 Å². The standard InChI is InChI=1S/C15H16N6O2/c1-9-12-6-11(8-17-13(12)21(2)20-9)19-15(23)18-7-10-4-3-5-16-14(10)22/h3-6,8H,7H2,1-2H3,(H,16,22)(H2,18,19,23). The second-order valence-electron chi connectivity index (χ2n) is 5.14. The van der Waals surface area contributed by atoms with Crippen molar-refractivity contribution in [3.63, 3.8) is 0 Å². The summed E-state index contributed by atoms with van der Waals surface area (Å²) < 4.78 is 1.69. The molecule has 3 rings (SSSR count). The molecule has 2 amide bonds. The number of aryl methyl sites for hydroxylation is 2. The van der Waals surface area contributed by atoms with Crippen LogP contribution in [-0.2, 0) is 13.6 Å². The maximum Gasteiger partial charge on any atom is 0.319 e. The second kappa shape index (κ2) is 5.91. The van der Waals surface area contributed by atoms with Gasteiger partial charge in [-0.15, -0.1) is 0 Å². The molecule has 0 aromatic carbocycles. The number of rotatable bonds is 3. The third-order valence-corrected chi connectivity index (χ3v) is 3.46. The number of carbonyl (C=O) groups excluding carboxylic acids is 1. The molecule has 0 atom stereocenters. The Hall–Kier alpha value is -3.16. The highest BCUT2D eigenvalue weighted by Crippen LogP contribution is 2.19. The fourth-order valence-corrected chi connectivity index (χ4v) is 2.32. The smallest absolute Gasteiger partial charge is 0.319 e. The molecule has 3 N–H and O–H groups in total. The van der Waals surface area contributed by atoms with Crippen molar-refractivity contribution in [2.45, 2.75) is 13.5 Å². The normalized spacial score (nSPS) is 10.7. The molecular weight excluding hydrogens is 296 g/mol. The van der Waals surface area contributed by atoms with Gasteiger partial charge in [0.25, 0.3) is 5.56 Å². The number of amides is 2. The third kappa shape index (κ3) is 3.05. The topological polar surface area (TPSA) is 105 Å². The van der Waals surface area contributed by atoms with Crippen LogP contribution in [0, 0.1) is 6.92 Å². The first kappa shape index (κ1) is 14.8. The van der Waals surface area contributed by atoms with Crippen molar-refractivity contribution in [3.8, 4) is 0 Å². The van der Waals surface area contributed by atoms with Crippen LogP contribution in [0.25, 0.3) is 11.0 Å². The fraction of sp³-hybridized carbons (Fsp3) is 0.200. The second-order valence-corrected chi connectivity index (χ2v) is 5.14. The van der Waals surface area contributed by atoms with Crippen LogP contribution < -0.4 is 16.2 Å². The van der Waals surface area contributed by atoms with Gasteiger partial charge in [0.2, 0.25) is 0 Å². The summed E-state index contributed by atoms with van der Waals surface area (Å²) in [6.45, 7) is 2.03. The van der Waals surface area contributed by atoms with E-state index < -0.39 is 6.03 Å². The molecule has 0 spiro atoms. The summed E-state index contributed by atoms with van der Waals surface area (Å²) in [7, 11) is 1.82. The summed E-state index contributed by atoms with van der Waals surface area (Å²) in [5.74, 6) is 0. The number of aromatic nitrogens is 4. The van der Waals surface area contributed by atoms with Gasteiger partial charge in [-0.05, 0) is 19.1 Å². The Kier molecular flexibility index (Phi) is 3.80. The van der Waals surface area contributed by atoms with E-state index in [1.807, 2.05) is 20.0 Å². The molecule has 0 fully saturated rings. The lowest BCUT2D eigenvalue weighted by Gasteiger charge is -2.07. The Morgan fingerprint density at radius 1 is 1.43 bits per heavy atom. The van der Waals surface area contributed by atoms with Crippen molar-refractivity contribution in [2.24, 2.45) is 7.05 Å². The molecule has 8 heteroatoms. The zero-order valence-electron chi connectivity index (χ0n) is 12.8. The SMILES string of the molecule is Cc1nn(C)c2ncc(NC(=O)NCc3ccc[nH]c3=O)cc12. The maximum absolute atomic E-state index is 11.9. The quantitative estimate of drug-likeness (QED) is 0.677. The van der Waals surface area contributed by atoms with Crippen LogP contribution >= 0.6 is 0 Å². The number of hydrogen-bond acceptors (Lipinski definition) is 4. The first-order valence-corrected chi connectivity index (χ1v) is 7.05. The van der Waals surface area contributed by atoms with Crippen LogP contribution in [0.15, 0.2) is 35.4 Å². The van der Waals surface area contributed by atoms with Gasteiger partial charge in [-0.2, -0.15) is 5.10 Å². The lowest BCUT2D eigenvalue weighted by Crippen LogP contribution is -2.30. The zero-order chi connectivity index (χ0) is 16.4. The predicted octanol–water partition coefficient (Wildman–Crippen LogP) is 1.29. The molecule has 0 saturated heterocycles. The molecule has 0 aliphatic carbocycles. The molecule has 118 valence electrons. The van der Waals surface area contributed by atoms with Gasteiger partial charge in [-0.1, -0.05) is 6.07 Å². The van der Waals surface area contributed by atoms with E-state index in [0.29, 0.717) is 11.3 Å². The Bertz CT molecular complexity index is 927. The maximum atomic E-state index is 11.9. The van der Waals surface area contributed by atoms with E-state index in [1.54, 1.807) is 29.2 Å². The average Bonchev–Trinajstić information content (AvgIpc) is 2.81. The monoisotopic (exact) mass is 312 g/mol. The van der Waals surface area contributed by atoms with Gasteiger partial charge in [-0.3, -0.25) is 9.48 Å². The van der Waals surface area contributed by atoms with Crippen LogP contribution in [0.1, 0.15) is 11.3 Å². The molecule has 0 bridgehead atoms. The predicted molar refractivity (Wildman–Crippen MR) is 86.2 cm³/mol. The molecule has 0 unspecified atom stereocenters. The van der Waals surface area contributed by atoms with Crippen LogP contribution in [0.5, 0.6) is 0 Å². The average molecular weight is 312 g/mol. The van der Waals surface area contributed by atoms with E-state index >= 15 is 0 Å². The number of urea groups is 1. The van der Waals surface area contributed by atoms with Gasteiger partial charge in [0.1, 0.15) is 0 Å². The first-order chi connectivity index (χ1) is 11.0. The highest BCUT2D eigenvalue weighted by Gasteiger charge is 2.09. The molecule has 3 aromatic rings. The number of anilines is 1. The van der Waals surface area contributed by atoms with Crippen LogP contribution in [-0.4, -0.2) is 25.8 Å². The van der Waals surface area contributed by atoms with Gasteiger partial charge < -0.3 is 15.6 Å². The number of fused-ring (bicyclic) bond motifs is 1. The molecular formula is C15H16N6O2. The molecule has 3 aromatic heterocycles. The zero-order valence-corrected chi connectivity index (χ0v) is 12.8. The summed E-state index contributed by atoms with van der Waals surface area (Å²) in [5, 5.41) is 10.5. The number of nitrogens with one attached hydrogen (secondary N) is 3. The van der Waals surface area contributed by atoms with Gasteiger partial charge in [0, 0.05) is 30.7 Å². The van der Waals surface area contributed by atoms with Gasteiger partial charge in [0.15, 0.2) is 5.65 Å². The lowest BCUT2D eigenvalue weighted by atomic mass is 10.2. The van der Waals surface area contributed by atoms with Crippen molar-refractivity contribution in [1.29, 1.82) is 0 Å². The number of nitrogens with zero attached hydrogens (tertiary/aromatic N) is 3. The number of hydrogen-bond donors (Lipinski definition) is 3. The van der Waals surface area contributed by atoms with Crippen molar-refractivity contribution in [2.75, 3.05) is 5.32 Å². The largest absolute Gasteiger partial charge is 0.334 e. The van der Waals surface area contributed by atoms with E-state index in [9.17, 15) is 9.59 Å². The Morgan fingerprint density at radius 2 is 2.26 bits per heavy atom. The summed E-state index contributed by atoms with van der Waals surface area (Å²) in [6.07, 6.45) is 3.11. The summed E-state index contributed by atoms with van der Waals surface area (Å²) in [5.41, 5.74) is 2.42. The van der Waals surface area contributed by atoms with Crippen LogP contribution in [0.4, 0.5) is 10.5 Å². The van der Waals surface area contributed by atoms with Crippen molar-refractivity contribution < 1.29 is 4.79 Å². The van der Waals surface area contributed by atoms with E-state index in [4.69, 9.17) is 0 Å². The molecule has 3 heterocycles. The Morgan fingerprint density at radius 3 is 3.04 bits per heavy atom. The summed E-state index contributed by atoms with van der Waals surface area (Å²) >= 11 is 0. The minimum atomic E-state index is -0.407. The number of pyridine rings is 2. The summed E-state index contributed by atoms with van der Waals surface area (Å²) in [6, 6.07) is 4.78. The van der Waals surface area contributed by atoms with E-state index in [-0.39, 0.29) is 12.1 Å². The minimum Gasteiger partial charge on any atom is -0.334 e. The molecule has 0 aliphatic rings. The Labute approximate surface area is 131 Å². The number of aromatic amines is 1. The van der Waals surface area contributed by atoms with Gasteiger partial charge >= 0.3 is 6.03 Å². The van der Waals surface area contributed by atoms with Crippen LogP contribution in [0.3, 0.4) is 0 Å². The highest BCUT2D eigenvalue weighted by atomic mass is 16.2. The molecule has 0 radical (unpaired) electrons. The summed E-state index contributed by atoms with van der Waals surface area (Å²) in [4.78, 5) is 30.3. The van der Waals surface area contributed by atoms with Crippen molar-refractivity contribution >= 4 is 22.8 Å². The number of H-pyrrole nitrogens is 1. The van der Waals surface area contributed by atoms with Gasteiger partial charge in [0.05, 0.1) is 17.6 Å². The van der Waals surface area contributed by atoms with E-state index in [0.717, 1.165) is 16.7 Å². The number of carbonyl (C=O) groups is 1. The Balaban J connectivity index is 1.69. The van der Waals surface area contributed by atoms with E-state index in [1.165, 1.54) is 0 Å². The molecule has 0 aliphatic heterocycles. The lowest BCUT2D eigenvalue weighted by molar-refractivity contribution is 0.251. The van der Waals surface area contributed by atoms with Crippen LogP contribution in [0.2, 0.25) is 0 Å². The van der Waals surface area contributed by atoms with Crippen molar-refractivity contribution in [3.05, 3.63) is 52.2 Å². The van der Waals surface area contributed by atoms with E-state index in [2.05, 4.69) is 25.7 Å². The first-order valence-electron chi connectivity index (χ1n) is 7.05. The third-order valence-electron chi connectivity index (χ3n) is 3.46. The fourth-order valence-electron chi connectivity index (χ4n) is 2.32. The molecule has 8 nitrogen and oxygen atoms in total. The van der Waals surface area contributed by atoms with Crippen molar-refractivity contribution in [1.82, 2.24) is 25.1 Å². The highest BCUT2D eigenvalue weighted by molar-refractivity contribution is 5.91. The molecule has 23 heavy (non-hydrogen) atoms.